The number of aromatic nitrogens is 2. The number of primary sulfonamides is 1. The lowest BCUT2D eigenvalue weighted by Gasteiger charge is -2.21. The zero-order chi connectivity index (χ0) is 21.7. The fourth-order valence-electron chi connectivity index (χ4n) is 2.73. The van der Waals surface area contributed by atoms with Crippen LogP contribution in [0, 0.1) is 0 Å². The molecule has 0 aliphatic carbocycles. The minimum absolute atomic E-state index is 0.0216. The number of sulfonamides is 1. The number of hydrogen-bond acceptors (Lipinski definition) is 7. The molecule has 30 heavy (non-hydrogen) atoms. The normalized spacial score (nSPS) is 13.5. The Hall–Kier alpha value is -2.53. The van der Waals surface area contributed by atoms with Crippen LogP contribution >= 0.6 is 15.9 Å². The molecule has 10 heteroatoms. The van der Waals surface area contributed by atoms with Gasteiger partial charge in [-0.1, -0.05) is 30.3 Å². The van der Waals surface area contributed by atoms with Gasteiger partial charge in [-0.25, -0.2) is 18.5 Å². The van der Waals surface area contributed by atoms with Crippen molar-refractivity contribution < 1.29 is 13.5 Å². The van der Waals surface area contributed by atoms with Gasteiger partial charge < -0.3 is 15.7 Å². The number of benzene rings is 2. The highest BCUT2D eigenvalue weighted by Crippen LogP contribution is 2.24. The molecule has 3 aromatic rings. The highest BCUT2D eigenvalue weighted by atomic mass is 79.9. The molecule has 8 nitrogen and oxygen atoms in total. The van der Waals surface area contributed by atoms with E-state index in [0.717, 1.165) is 5.56 Å². The lowest BCUT2D eigenvalue weighted by atomic mass is 10.0. The van der Waals surface area contributed by atoms with Gasteiger partial charge in [0, 0.05) is 18.3 Å². The van der Waals surface area contributed by atoms with Crippen molar-refractivity contribution in [2.24, 2.45) is 5.14 Å². The third-order valence-electron chi connectivity index (χ3n) is 4.41. The molecule has 3 rings (SSSR count). The van der Waals surface area contributed by atoms with Crippen LogP contribution in [0.5, 0.6) is 0 Å². The van der Waals surface area contributed by atoms with Crippen LogP contribution < -0.4 is 15.8 Å². The van der Waals surface area contributed by atoms with Crippen LogP contribution in [0.25, 0.3) is 0 Å². The van der Waals surface area contributed by atoms with Crippen molar-refractivity contribution in [3.05, 3.63) is 70.8 Å². The number of nitrogens with one attached hydrogen (secondary N) is 2. The van der Waals surface area contributed by atoms with Gasteiger partial charge in [0.1, 0.15) is 5.82 Å². The lowest BCUT2D eigenvalue weighted by Crippen LogP contribution is -2.33. The second kappa shape index (κ2) is 9.52. The summed E-state index contributed by atoms with van der Waals surface area (Å²) in [7, 11) is -3.75. The molecular formula is C20H22BrN5O3S. The third kappa shape index (κ3) is 5.99. The molecule has 0 bridgehead atoms. The first-order chi connectivity index (χ1) is 14.2. The van der Waals surface area contributed by atoms with Crippen molar-refractivity contribution in [1.29, 1.82) is 0 Å². The number of rotatable bonds is 8. The van der Waals surface area contributed by atoms with Crippen LogP contribution in [0.4, 0.5) is 17.5 Å². The number of anilines is 3. The molecule has 158 valence electrons. The van der Waals surface area contributed by atoms with E-state index in [9.17, 15) is 13.5 Å². The van der Waals surface area contributed by atoms with E-state index < -0.39 is 16.1 Å². The van der Waals surface area contributed by atoms with Gasteiger partial charge in [0.25, 0.3) is 0 Å². The van der Waals surface area contributed by atoms with Crippen molar-refractivity contribution in [2.75, 3.05) is 10.6 Å². The standard InChI is InChI=1S/C20H22BrN5O3S/c1-13(18(27)11-14-5-3-2-4-6-14)24-19-17(21)12-23-20(26-19)25-15-7-9-16(10-8-15)30(22,28)29/h2-10,12-13,18,27H,11H2,1H3,(H2,22,28,29)(H2,23,24,25,26). The second-order valence-corrected chi connectivity index (χ2v) is 9.19. The quantitative estimate of drug-likeness (QED) is 0.380. The van der Waals surface area contributed by atoms with Crippen LogP contribution in [0.3, 0.4) is 0 Å². The topological polar surface area (TPSA) is 130 Å². The maximum absolute atomic E-state index is 11.4. The summed E-state index contributed by atoms with van der Waals surface area (Å²) in [5, 5.41) is 21.8. The van der Waals surface area contributed by atoms with Gasteiger partial charge in [0.2, 0.25) is 16.0 Å². The summed E-state index contributed by atoms with van der Waals surface area (Å²) < 4.78 is 23.4. The molecule has 0 saturated heterocycles. The molecule has 1 heterocycles. The predicted octanol–water partition coefficient (Wildman–Crippen LogP) is 3.03. The van der Waals surface area contributed by atoms with Crippen LogP contribution in [-0.4, -0.2) is 35.6 Å². The summed E-state index contributed by atoms with van der Waals surface area (Å²) in [6.07, 6.45) is 1.49. The number of nitrogens with zero attached hydrogens (tertiary/aromatic N) is 2. The Labute approximate surface area is 183 Å². The Bertz CT molecular complexity index is 1100. The average Bonchev–Trinajstić information content (AvgIpc) is 2.71. The molecule has 0 radical (unpaired) electrons. The molecule has 0 aliphatic heterocycles. The SMILES string of the molecule is CC(Nc1nc(Nc2ccc(S(N)(=O)=O)cc2)ncc1Br)C(O)Cc1ccccc1. The van der Waals surface area contributed by atoms with E-state index in [2.05, 4.69) is 36.5 Å². The fourth-order valence-corrected chi connectivity index (χ4v) is 3.55. The molecule has 5 N–H and O–H groups in total. The Kier molecular flexibility index (Phi) is 7.03. The average molecular weight is 492 g/mol. The molecule has 0 fully saturated rings. The first-order valence-electron chi connectivity index (χ1n) is 9.13. The Morgan fingerprint density at radius 2 is 1.80 bits per heavy atom. The van der Waals surface area contributed by atoms with E-state index in [1.165, 1.54) is 12.1 Å². The van der Waals surface area contributed by atoms with Crippen LogP contribution in [-0.2, 0) is 16.4 Å². The van der Waals surface area contributed by atoms with E-state index in [1.807, 2.05) is 37.3 Å². The van der Waals surface area contributed by atoms with Crippen molar-refractivity contribution in [3.8, 4) is 0 Å². The zero-order valence-electron chi connectivity index (χ0n) is 16.2. The summed E-state index contributed by atoms with van der Waals surface area (Å²) in [6.45, 7) is 1.88. The van der Waals surface area contributed by atoms with E-state index in [-0.39, 0.29) is 10.9 Å². The summed E-state index contributed by atoms with van der Waals surface area (Å²) in [5.41, 5.74) is 1.65. The predicted molar refractivity (Wildman–Crippen MR) is 120 cm³/mol. The number of aliphatic hydroxyl groups is 1. The summed E-state index contributed by atoms with van der Waals surface area (Å²) >= 11 is 3.41. The molecule has 0 saturated carbocycles. The van der Waals surface area contributed by atoms with Crippen molar-refractivity contribution in [1.82, 2.24) is 9.97 Å². The van der Waals surface area contributed by atoms with Gasteiger partial charge >= 0.3 is 0 Å². The molecule has 0 spiro atoms. The van der Waals surface area contributed by atoms with E-state index in [0.29, 0.717) is 28.3 Å². The molecule has 1 aromatic heterocycles. The second-order valence-electron chi connectivity index (χ2n) is 6.77. The van der Waals surface area contributed by atoms with Crippen molar-refractivity contribution in [2.45, 2.75) is 30.4 Å². The first-order valence-corrected chi connectivity index (χ1v) is 11.5. The van der Waals surface area contributed by atoms with Crippen molar-refractivity contribution in [3.63, 3.8) is 0 Å². The number of hydrogen-bond donors (Lipinski definition) is 4. The van der Waals surface area contributed by atoms with Gasteiger partial charge in [-0.3, -0.25) is 0 Å². The maximum Gasteiger partial charge on any atom is 0.238 e. The fraction of sp³-hybridized carbons (Fsp3) is 0.200. The molecule has 2 atom stereocenters. The minimum atomic E-state index is -3.75. The number of aliphatic hydroxyl groups excluding tert-OH is 1. The molecule has 2 aromatic carbocycles. The number of halogens is 1. The molecule has 0 aliphatic rings. The van der Waals surface area contributed by atoms with E-state index in [1.54, 1.807) is 18.3 Å². The first kappa shape index (κ1) is 22.2. The highest BCUT2D eigenvalue weighted by molar-refractivity contribution is 9.10. The van der Waals surface area contributed by atoms with Gasteiger partial charge in [-0.15, -0.1) is 0 Å². The van der Waals surface area contributed by atoms with Crippen LogP contribution in [0.15, 0.2) is 70.2 Å². The van der Waals surface area contributed by atoms with Crippen LogP contribution in [0.1, 0.15) is 12.5 Å². The Balaban J connectivity index is 1.68. The smallest absolute Gasteiger partial charge is 0.238 e. The third-order valence-corrected chi connectivity index (χ3v) is 5.92. The van der Waals surface area contributed by atoms with E-state index in [4.69, 9.17) is 5.14 Å². The molecular weight excluding hydrogens is 470 g/mol. The Morgan fingerprint density at radius 1 is 1.13 bits per heavy atom. The highest BCUT2D eigenvalue weighted by Gasteiger charge is 2.17. The Morgan fingerprint density at radius 3 is 2.43 bits per heavy atom. The molecule has 2 unspecified atom stereocenters. The minimum Gasteiger partial charge on any atom is -0.391 e. The largest absolute Gasteiger partial charge is 0.391 e. The molecule has 0 amide bonds. The zero-order valence-corrected chi connectivity index (χ0v) is 18.6. The van der Waals surface area contributed by atoms with Gasteiger partial charge in [-0.2, -0.15) is 4.98 Å². The summed E-state index contributed by atoms with van der Waals surface area (Å²) in [4.78, 5) is 8.67. The van der Waals surface area contributed by atoms with Crippen LogP contribution in [0.2, 0.25) is 0 Å². The van der Waals surface area contributed by atoms with Crippen molar-refractivity contribution >= 4 is 43.4 Å². The summed E-state index contributed by atoms with van der Waals surface area (Å²) in [6, 6.07) is 15.4. The summed E-state index contributed by atoms with van der Waals surface area (Å²) in [5.74, 6) is 0.835. The monoisotopic (exact) mass is 491 g/mol. The van der Waals surface area contributed by atoms with E-state index >= 15 is 0 Å². The van der Waals surface area contributed by atoms with Gasteiger partial charge in [0.05, 0.1) is 21.5 Å². The lowest BCUT2D eigenvalue weighted by molar-refractivity contribution is 0.158. The van der Waals surface area contributed by atoms with Gasteiger partial charge in [-0.05, 0) is 52.7 Å². The maximum atomic E-state index is 11.4. The van der Waals surface area contributed by atoms with Gasteiger partial charge in [0.15, 0.2) is 0 Å². The number of nitrogens with two attached hydrogens (primary N) is 1.